The van der Waals surface area contributed by atoms with Gasteiger partial charge in [0.25, 0.3) is 0 Å². The Morgan fingerprint density at radius 1 is 1.37 bits per heavy atom. The molecule has 1 N–H and O–H groups in total. The van der Waals surface area contributed by atoms with E-state index in [9.17, 15) is 19.3 Å². The van der Waals surface area contributed by atoms with E-state index in [-0.39, 0.29) is 29.7 Å². The number of hydrogen-bond donors (Lipinski definition) is 1. The van der Waals surface area contributed by atoms with E-state index in [0.717, 1.165) is 12.4 Å². The lowest BCUT2D eigenvalue weighted by molar-refractivity contribution is -0.385. The van der Waals surface area contributed by atoms with Gasteiger partial charge in [0.05, 0.1) is 10.8 Å². The van der Waals surface area contributed by atoms with Gasteiger partial charge in [-0.25, -0.2) is 9.37 Å². The smallest absolute Gasteiger partial charge is 0.373 e. The number of rotatable bonds is 5. The third kappa shape index (κ3) is 4.05. The van der Waals surface area contributed by atoms with Gasteiger partial charge in [-0.05, 0) is 31.0 Å². The number of benzene rings is 1. The molecular weight excluding hydrogens is 383 g/mol. The van der Waals surface area contributed by atoms with Crippen LogP contribution in [0.25, 0.3) is 0 Å². The van der Waals surface area contributed by atoms with Gasteiger partial charge >= 0.3 is 17.5 Å². The molecule has 9 nitrogen and oxygen atoms in total. The number of carboxylic acid groups (broad SMARTS) is 1. The quantitative estimate of drug-likeness (QED) is 0.604. The largest absolute Gasteiger partial charge is 0.481 e. The molecule has 27 heavy (non-hydrogen) atoms. The highest BCUT2D eigenvalue weighted by atomic mass is 35.5. The maximum Gasteiger partial charge on any atom is 0.373 e. The summed E-state index contributed by atoms with van der Waals surface area (Å²) in [6.45, 7) is 0.563. The Morgan fingerprint density at radius 3 is 2.67 bits per heavy atom. The second-order valence-corrected chi connectivity index (χ2v) is 6.32. The second kappa shape index (κ2) is 7.70. The topological polar surface area (TPSA) is 119 Å². The Bertz CT molecular complexity index is 889. The monoisotopic (exact) mass is 396 g/mol. The molecule has 2 aromatic rings. The summed E-state index contributed by atoms with van der Waals surface area (Å²) >= 11 is 5.68. The van der Waals surface area contributed by atoms with Crippen molar-refractivity contribution in [3.05, 3.63) is 45.5 Å². The van der Waals surface area contributed by atoms with Crippen molar-refractivity contribution in [2.24, 2.45) is 5.92 Å². The summed E-state index contributed by atoms with van der Waals surface area (Å²) in [5, 5.41) is 20.8. The lowest BCUT2D eigenvalue weighted by Gasteiger charge is -2.30. The summed E-state index contributed by atoms with van der Waals surface area (Å²) < 4.78 is 19.3. The molecular formula is C16H14ClFN4O5. The number of ether oxygens (including phenoxy) is 1. The Labute approximate surface area is 157 Å². The predicted molar refractivity (Wildman–Crippen MR) is 92.7 cm³/mol. The van der Waals surface area contributed by atoms with Crippen LogP contribution in [0.5, 0.6) is 11.6 Å². The maximum absolute atomic E-state index is 14.0. The number of aromatic nitrogens is 2. The average Bonchev–Trinajstić information content (AvgIpc) is 2.63. The molecule has 0 radical (unpaired) electrons. The van der Waals surface area contributed by atoms with Crippen molar-refractivity contribution in [1.82, 2.24) is 9.97 Å². The van der Waals surface area contributed by atoms with E-state index in [0.29, 0.717) is 12.8 Å². The van der Waals surface area contributed by atoms with E-state index in [2.05, 4.69) is 9.97 Å². The first kappa shape index (κ1) is 18.8. The van der Waals surface area contributed by atoms with Gasteiger partial charge in [-0.3, -0.25) is 14.9 Å². The summed E-state index contributed by atoms with van der Waals surface area (Å²) in [5.74, 6) is -2.86. The Balaban J connectivity index is 1.91. The van der Waals surface area contributed by atoms with Gasteiger partial charge in [0.1, 0.15) is 6.33 Å². The van der Waals surface area contributed by atoms with Crippen LogP contribution in [0.15, 0.2) is 24.5 Å². The molecule has 0 saturated carbocycles. The van der Waals surface area contributed by atoms with Gasteiger partial charge in [-0.15, -0.1) is 0 Å². The highest BCUT2D eigenvalue weighted by molar-refractivity contribution is 6.30. The van der Waals surface area contributed by atoms with Crippen LogP contribution in [0.3, 0.4) is 0 Å². The molecule has 0 spiro atoms. The Morgan fingerprint density at radius 2 is 2.07 bits per heavy atom. The SMILES string of the molecule is O=C(O)C1CCN(c2ncnc(Oc3ccc(Cl)cc3F)c2[N+](=O)[O-])CC1. The van der Waals surface area contributed by atoms with Crippen molar-refractivity contribution in [1.29, 1.82) is 0 Å². The first-order chi connectivity index (χ1) is 12.9. The van der Waals surface area contributed by atoms with Gasteiger partial charge in [-0.1, -0.05) is 11.6 Å². The molecule has 1 aliphatic rings. The molecule has 0 bridgehead atoms. The molecule has 11 heteroatoms. The van der Waals surface area contributed by atoms with E-state index >= 15 is 0 Å². The average molecular weight is 397 g/mol. The number of carboxylic acids is 1. The van der Waals surface area contributed by atoms with Crippen LogP contribution in [0.4, 0.5) is 15.9 Å². The maximum atomic E-state index is 14.0. The lowest BCUT2D eigenvalue weighted by Crippen LogP contribution is -2.37. The normalized spacial score (nSPS) is 14.8. The minimum absolute atomic E-state index is 0.00297. The summed E-state index contributed by atoms with van der Waals surface area (Å²) in [5.41, 5.74) is -0.513. The van der Waals surface area contributed by atoms with Crippen LogP contribution in [0.2, 0.25) is 5.02 Å². The number of anilines is 1. The van der Waals surface area contributed by atoms with Crippen LogP contribution in [-0.4, -0.2) is 39.1 Å². The summed E-state index contributed by atoms with van der Waals surface area (Å²) in [6.07, 6.45) is 1.74. The zero-order valence-corrected chi connectivity index (χ0v) is 14.6. The first-order valence-electron chi connectivity index (χ1n) is 7.97. The number of hydrogen-bond acceptors (Lipinski definition) is 7. The number of nitro groups is 1. The van der Waals surface area contributed by atoms with Crippen molar-refractivity contribution >= 4 is 29.1 Å². The zero-order valence-electron chi connectivity index (χ0n) is 13.8. The van der Waals surface area contributed by atoms with Gasteiger partial charge in [0.2, 0.25) is 5.82 Å². The van der Waals surface area contributed by atoms with Gasteiger partial charge in [-0.2, -0.15) is 4.98 Å². The van der Waals surface area contributed by atoms with Crippen LogP contribution < -0.4 is 9.64 Å². The van der Waals surface area contributed by atoms with Gasteiger partial charge in [0.15, 0.2) is 11.6 Å². The van der Waals surface area contributed by atoms with E-state index in [4.69, 9.17) is 21.4 Å². The molecule has 0 aliphatic carbocycles. The number of halogens is 2. The van der Waals surface area contributed by atoms with Crippen molar-refractivity contribution in [3.8, 4) is 11.6 Å². The highest BCUT2D eigenvalue weighted by Gasteiger charge is 2.32. The van der Waals surface area contributed by atoms with Crippen molar-refractivity contribution in [2.75, 3.05) is 18.0 Å². The standard InChI is InChI=1S/C16H14ClFN4O5/c17-10-1-2-12(11(18)7-10)27-15-13(22(25)26)14(19-8-20-15)21-5-3-9(4-6-21)16(23)24/h1-2,7-9H,3-6H2,(H,23,24). The van der Waals surface area contributed by atoms with Crippen LogP contribution in [-0.2, 0) is 4.79 Å². The van der Waals surface area contributed by atoms with Crippen molar-refractivity contribution in [2.45, 2.75) is 12.8 Å². The Hall–Kier alpha value is -3.01. The summed E-state index contributed by atoms with van der Waals surface area (Å²) in [6, 6.07) is 3.63. The van der Waals surface area contributed by atoms with Crippen LogP contribution in [0, 0.1) is 21.8 Å². The van der Waals surface area contributed by atoms with E-state index in [1.165, 1.54) is 12.1 Å². The minimum atomic E-state index is -0.894. The molecule has 0 amide bonds. The number of nitrogens with zero attached hydrogens (tertiary/aromatic N) is 4. The third-order valence-electron chi connectivity index (χ3n) is 4.20. The van der Waals surface area contributed by atoms with Crippen molar-refractivity contribution < 1.29 is 24.0 Å². The molecule has 1 aliphatic heterocycles. The first-order valence-corrected chi connectivity index (χ1v) is 8.34. The highest BCUT2D eigenvalue weighted by Crippen LogP contribution is 2.38. The van der Waals surface area contributed by atoms with E-state index in [1.807, 2.05) is 0 Å². The third-order valence-corrected chi connectivity index (χ3v) is 4.43. The fourth-order valence-electron chi connectivity index (χ4n) is 2.82. The number of piperidine rings is 1. The summed E-state index contributed by atoms with van der Waals surface area (Å²) in [7, 11) is 0. The number of aliphatic carboxylic acids is 1. The van der Waals surface area contributed by atoms with E-state index < -0.39 is 34.2 Å². The zero-order chi connectivity index (χ0) is 19.6. The molecule has 1 saturated heterocycles. The fourth-order valence-corrected chi connectivity index (χ4v) is 2.98. The summed E-state index contributed by atoms with van der Waals surface area (Å²) in [4.78, 5) is 31.3. The van der Waals surface area contributed by atoms with Gasteiger partial charge < -0.3 is 14.7 Å². The lowest BCUT2D eigenvalue weighted by atomic mass is 9.97. The molecule has 3 rings (SSSR count). The molecule has 142 valence electrons. The molecule has 1 aromatic heterocycles. The minimum Gasteiger partial charge on any atom is -0.481 e. The Kier molecular flexibility index (Phi) is 5.36. The van der Waals surface area contributed by atoms with E-state index in [1.54, 1.807) is 4.90 Å². The molecule has 2 heterocycles. The molecule has 1 aromatic carbocycles. The predicted octanol–water partition coefficient (Wildman–Crippen LogP) is 3.27. The van der Waals surface area contributed by atoms with Gasteiger partial charge in [0, 0.05) is 18.1 Å². The van der Waals surface area contributed by atoms with Crippen molar-refractivity contribution in [3.63, 3.8) is 0 Å². The fraction of sp³-hybridized carbons (Fsp3) is 0.312. The van der Waals surface area contributed by atoms with Crippen LogP contribution >= 0.6 is 11.6 Å². The molecule has 0 atom stereocenters. The van der Waals surface area contributed by atoms with Crippen LogP contribution in [0.1, 0.15) is 12.8 Å². The molecule has 1 fully saturated rings. The number of carbonyl (C=O) groups is 1. The molecule has 0 unspecified atom stereocenters. The second-order valence-electron chi connectivity index (χ2n) is 5.88.